The van der Waals surface area contributed by atoms with E-state index in [1.165, 1.54) is 0 Å². The van der Waals surface area contributed by atoms with Gasteiger partial charge in [-0.15, -0.1) is 0 Å². The fourth-order valence-electron chi connectivity index (χ4n) is 1.37. The van der Waals surface area contributed by atoms with Gasteiger partial charge in [0, 0.05) is 25.9 Å². The van der Waals surface area contributed by atoms with Crippen LogP contribution < -0.4 is 0 Å². The number of nitrogens with zero attached hydrogens (tertiary/aromatic N) is 1. The average Bonchev–Trinajstić information content (AvgIpc) is 2.63. The Morgan fingerprint density at radius 2 is 2.19 bits per heavy atom. The Kier molecular flexibility index (Phi) is 2.29. The molecule has 2 N–H and O–H groups in total. The summed E-state index contributed by atoms with van der Waals surface area (Å²) in [5.74, 6) is -4.30. The zero-order valence-corrected chi connectivity index (χ0v) is 11.0. The molecule has 21 heavy (non-hydrogen) atoms. The van der Waals surface area contributed by atoms with Crippen LogP contribution in [0.15, 0.2) is 46.7 Å². The maximum atomic E-state index is 12.4. The minimum Gasteiger partial charge on any atom is -0.510 e. The minimum absolute atomic E-state index is 0.527. The Hall–Kier alpha value is -2.40. The third-order valence-electron chi connectivity index (χ3n) is 2.26. The molecule has 0 fully saturated rings. The predicted octanol–water partition coefficient (Wildman–Crippen LogP) is 3.01. The zero-order chi connectivity index (χ0) is 22.4. The summed E-state index contributed by atoms with van der Waals surface area (Å²) in [7, 11) is 0. The number of benzene rings is 1. The fraction of sp³-hybridized carbons (Fsp3) is 0.133. The van der Waals surface area contributed by atoms with Gasteiger partial charge in [0.25, 0.3) is 0 Å². The Morgan fingerprint density at radius 1 is 1.43 bits per heavy atom. The third-order valence-corrected chi connectivity index (χ3v) is 2.45. The lowest BCUT2D eigenvalue weighted by atomic mass is 10.0. The number of allylic oxidation sites excluding steroid dienone is 3. The highest BCUT2D eigenvalue weighted by Crippen LogP contribution is 2.23. The Labute approximate surface area is 137 Å². The Balaban J connectivity index is 2.68. The van der Waals surface area contributed by atoms with Crippen LogP contribution in [0, 0.1) is 0 Å². The van der Waals surface area contributed by atoms with Gasteiger partial charge in [-0.2, -0.15) is 0 Å². The van der Waals surface area contributed by atoms with E-state index in [0.29, 0.717) is 0 Å². The molecule has 5 nitrogen and oxygen atoms in total. The number of carbonyl (C=O) groups excluding carboxylic acids is 1. The summed E-state index contributed by atoms with van der Waals surface area (Å²) < 4.78 is 61.7. The number of halogens is 1. The largest absolute Gasteiger partial charge is 0.510 e. The summed E-state index contributed by atoms with van der Waals surface area (Å²) >= 11 is 5.80. The van der Waals surface area contributed by atoms with Crippen molar-refractivity contribution in [3.63, 3.8) is 0 Å². The molecule has 0 bridgehead atoms. The summed E-state index contributed by atoms with van der Waals surface area (Å²) in [6.07, 6.45) is -4.95. The highest BCUT2D eigenvalue weighted by atomic mass is 35.5. The smallest absolute Gasteiger partial charge is 0.303 e. The molecule has 1 aliphatic rings. The number of carboxylic acid groups (broad SMARTS) is 1. The number of ketones is 1. The van der Waals surface area contributed by atoms with E-state index in [-0.39, 0.29) is 0 Å². The second kappa shape index (κ2) is 6.37. The van der Waals surface area contributed by atoms with Crippen LogP contribution in [0.3, 0.4) is 0 Å². The van der Waals surface area contributed by atoms with Gasteiger partial charge in [-0.1, -0.05) is 23.7 Å². The summed E-state index contributed by atoms with van der Waals surface area (Å²) in [5.41, 5.74) is -2.08. The van der Waals surface area contributed by atoms with Gasteiger partial charge in [-0.25, -0.2) is 4.99 Å². The number of hydrogen-bond acceptors (Lipinski definition) is 4. The van der Waals surface area contributed by atoms with Crippen molar-refractivity contribution in [3.05, 3.63) is 52.3 Å². The van der Waals surface area contributed by atoms with Crippen molar-refractivity contribution in [2.45, 2.75) is 12.8 Å². The highest BCUT2D eigenvalue weighted by molar-refractivity contribution is 6.31. The van der Waals surface area contributed by atoms with Crippen molar-refractivity contribution in [1.82, 2.24) is 0 Å². The fourth-order valence-corrected chi connectivity index (χ4v) is 1.51. The number of aliphatic hydroxyl groups excluding tert-OH is 1. The molecule has 0 saturated carbocycles. The van der Waals surface area contributed by atoms with Crippen LogP contribution in [0.5, 0.6) is 0 Å². The molecule has 1 aromatic carbocycles. The molecule has 0 aliphatic carbocycles. The van der Waals surface area contributed by atoms with Gasteiger partial charge in [0.15, 0.2) is 0 Å². The molecule has 1 aliphatic heterocycles. The van der Waals surface area contributed by atoms with E-state index in [9.17, 15) is 14.7 Å². The first-order chi connectivity index (χ1) is 13.2. The van der Waals surface area contributed by atoms with Crippen LogP contribution in [0.4, 0.5) is 0 Å². The molecule has 0 saturated heterocycles. The topological polar surface area (TPSA) is 87.0 Å². The quantitative estimate of drug-likeness (QED) is 0.660. The standard InChI is InChI=1S/C15H12ClNO4/c16-11-3-1-2-9(6-11)10-7-13(19)15(17-8-10)12(18)4-5-14(20)21/h1-3,6-8,18H,4-5H2,(H,20,21)/i1D,2D,3D,5D2,6D,7D,8D. The zero-order valence-electron chi connectivity index (χ0n) is 18.2. The van der Waals surface area contributed by atoms with Crippen LogP contribution in [-0.4, -0.2) is 28.2 Å². The van der Waals surface area contributed by atoms with Crippen LogP contribution in [-0.2, 0) is 9.59 Å². The molecular weight excluding hydrogens is 294 g/mol. The number of rotatable bonds is 4. The van der Waals surface area contributed by atoms with Gasteiger partial charge >= 0.3 is 5.97 Å². The number of carbonyl (C=O) groups is 2. The Bertz CT molecular complexity index is 1020. The Morgan fingerprint density at radius 3 is 2.90 bits per heavy atom. The van der Waals surface area contributed by atoms with E-state index in [2.05, 4.69) is 4.99 Å². The molecule has 1 aromatic rings. The van der Waals surface area contributed by atoms with Crippen molar-refractivity contribution >= 4 is 35.1 Å². The lowest BCUT2D eigenvalue weighted by molar-refractivity contribution is -0.137. The SMILES string of the molecule is [2H]C1=NC(=C(O)CC([2H])([2H])C(=O)O)C(=O)C([2H])=C1c1c([2H])c([2H])c([2H])c(Cl)c1[2H]. The highest BCUT2D eigenvalue weighted by Gasteiger charge is 2.18. The second-order valence-electron chi connectivity index (χ2n) is 3.70. The molecule has 0 atom stereocenters. The molecule has 1 heterocycles. The average molecular weight is 314 g/mol. The summed E-state index contributed by atoms with van der Waals surface area (Å²) in [5, 5.41) is 18.2. The molecule has 0 spiro atoms. The van der Waals surface area contributed by atoms with Gasteiger partial charge < -0.3 is 10.2 Å². The first-order valence-corrected chi connectivity index (χ1v) is 5.83. The van der Waals surface area contributed by atoms with Crippen molar-refractivity contribution < 1.29 is 30.8 Å². The monoisotopic (exact) mass is 313 g/mol. The van der Waals surface area contributed by atoms with Crippen LogP contribution in [0.25, 0.3) is 5.57 Å². The first-order valence-electron chi connectivity index (χ1n) is 9.45. The summed E-state index contributed by atoms with van der Waals surface area (Å²) in [6.45, 7) is 0. The van der Waals surface area contributed by atoms with E-state index >= 15 is 0 Å². The predicted molar refractivity (Wildman–Crippen MR) is 79.5 cm³/mol. The van der Waals surface area contributed by atoms with Crippen molar-refractivity contribution in [3.8, 4) is 0 Å². The van der Waals surface area contributed by atoms with Crippen LogP contribution >= 0.6 is 11.6 Å². The van der Waals surface area contributed by atoms with E-state index in [1.807, 2.05) is 0 Å². The van der Waals surface area contributed by atoms with Gasteiger partial charge in [-0.3, -0.25) is 9.59 Å². The second-order valence-corrected chi connectivity index (χ2v) is 4.07. The molecule has 6 heteroatoms. The number of carboxylic acids is 1. The van der Waals surface area contributed by atoms with Gasteiger partial charge in [-0.05, 0) is 23.7 Å². The number of aliphatic hydroxyl groups is 1. The number of hydrogen-bond donors (Lipinski definition) is 2. The maximum absolute atomic E-state index is 12.4. The molecule has 0 amide bonds. The van der Waals surface area contributed by atoms with Crippen molar-refractivity contribution in [2.24, 2.45) is 4.99 Å². The maximum Gasteiger partial charge on any atom is 0.303 e. The molecule has 0 radical (unpaired) electrons. The van der Waals surface area contributed by atoms with E-state index in [0.717, 1.165) is 0 Å². The lowest BCUT2D eigenvalue weighted by Gasteiger charge is -2.10. The molecule has 108 valence electrons. The van der Waals surface area contributed by atoms with E-state index < -0.39 is 88.6 Å². The molecular formula is C15H12ClNO4. The van der Waals surface area contributed by atoms with Crippen molar-refractivity contribution in [1.29, 1.82) is 0 Å². The number of dihydropyridines is 1. The number of aliphatic carboxylic acids is 1. The van der Waals surface area contributed by atoms with Gasteiger partial charge in [0.1, 0.15) is 11.5 Å². The normalized spacial score (nSPS) is 23.7. The van der Waals surface area contributed by atoms with Crippen molar-refractivity contribution in [2.75, 3.05) is 0 Å². The molecule has 2 rings (SSSR count). The lowest BCUT2D eigenvalue weighted by Crippen LogP contribution is -2.08. The van der Waals surface area contributed by atoms with Gasteiger partial charge in [0.2, 0.25) is 5.78 Å². The molecule has 0 unspecified atom stereocenters. The first kappa shape index (κ1) is 7.56. The summed E-state index contributed by atoms with van der Waals surface area (Å²) in [6, 6.07) is -3.69. The van der Waals surface area contributed by atoms with Crippen LogP contribution in [0.2, 0.25) is 5.02 Å². The van der Waals surface area contributed by atoms with E-state index in [1.54, 1.807) is 0 Å². The van der Waals surface area contributed by atoms with Crippen LogP contribution in [0.1, 0.15) is 29.3 Å². The van der Waals surface area contributed by atoms with Gasteiger partial charge in [0.05, 0.1) is 14.6 Å². The van der Waals surface area contributed by atoms with E-state index in [4.69, 9.17) is 27.7 Å². The summed E-state index contributed by atoms with van der Waals surface area (Å²) in [4.78, 5) is 26.8. The third kappa shape index (κ3) is 3.79. The minimum atomic E-state index is -2.94. The number of aliphatic imine (C=N–C) groups is 1. The molecule has 0 aromatic heterocycles.